The van der Waals surface area contributed by atoms with Crippen molar-refractivity contribution in [2.75, 3.05) is 64.6 Å². The number of anilines is 1. The number of likely N-dealkylation sites (tertiary alicyclic amines) is 1. The summed E-state index contributed by atoms with van der Waals surface area (Å²) in [5, 5.41) is 0. The zero-order valence-electron chi connectivity index (χ0n) is 31.1. The highest BCUT2D eigenvalue weighted by Crippen LogP contribution is 2.37. The fraction of sp³-hybridized carbons (Fsp3) is 0.658. The predicted molar refractivity (Wildman–Crippen MR) is 192 cm³/mol. The van der Waals surface area contributed by atoms with Gasteiger partial charge in [0.15, 0.2) is 0 Å². The number of rotatable bonds is 13. The van der Waals surface area contributed by atoms with Gasteiger partial charge in [0.25, 0.3) is 0 Å². The van der Waals surface area contributed by atoms with Crippen molar-refractivity contribution in [3.8, 4) is 6.01 Å². The van der Waals surface area contributed by atoms with Gasteiger partial charge in [-0.1, -0.05) is 30.3 Å². The number of hydrogen-bond donors (Lipinski definition) is 0. The summed E-state index contributed by atoms with van der Waals surface area (Å²) in [5.74, 6) is 0.556. The molecule has 14 nitrogen and oxygen atoms in total. The summed E-state index contributed by atoms with van der Waals surface area (Å²) in [6, 6.07) is 10.2. The molecule has 284 valence electrons. The van der Waals surface area contributed by atoms with E-state index in [1.165, 1.54) is 7.11 Å². The molecule has 0 saturated carbocycles. The van der Waals surface area contributed by atoms with Crippen LogP contribution in [0.4, 0.5) is 15.4 Å². The Bertz CT molecular complexity index is 1520. The number of aromatic nitrogens is 2. The number of carbonyl (C=O) groups is 3. The second-order valence-electron chi connectivity index (χ2n) is 15.1. The van der Waals surface area contributed by atoms with Crippen LogP contribution in [0.15, 0.2) is 30.3 Å². The van der Waals surface area contributed by atoms with Crippen LogP contribution >= 0.6 is 0 Å². The lowest BCUT2D eigenvalue weighted by molar-refractivity contribution is -0.141. The van der Waals surface area contributed by atoms with Crippen LogP contribution in [0.2, 0.25) is 0 Å². The van der Waals surface area contributed by atoms with Gasteiger partial charge in [-0.05, 0) is 71.4 Å². The first-order valence-corrected chi connectivity index (χ1v) is 18.7. The molecule has 2 bridgehead atoms. The zero-order chi connectivity index (χ0) is 36.7. The summed E-state index contributed by atoms with van der Waals surface area (Å²) in [6.45, 7) is 11.2. The van der Waals surface area contributed by atoms with Crippen LogP contribution < -0.4 is 9.64 Å². The van der Waals surface area contributed by atoms with Gasteiger partial charge in [0.2, 0.25) is 0 Å². The molecular weight excluding hydrogens is 668 g/mol. The molecule has 0 N–H and O–H groups in total. The SMILES string of the molecule is COC(=O)CCOCCCN1CCCC1COc1nc2c(c(N3CC4CCC(C3)N4C(=O)OC(C)(C)C)n1)CCN(C(=O)OCc1ccccc1)C2. The van der Waals surface area contributed by atoms with Crippen molar-refractivity contribution in [2.24, 2.45) is 0 Å². The number of piperazine rings is 1. The molecule has 6 rings (SSSR count). The van der Waals surface area contributed by atoms with Crippen LogP contribution in [0.1, 0.15) is 76.1 Å². The Morgan fingerprint density at radius 1 is 0.942 bits per heavy atom. The number of carbonyl (C=O) groups excluding carboxylic acids is 3. The van der Waals surface area contributed by atoms with Crippen molar-refractivity contribution in [2.45, 2.75) is 103 Å². The van der Waals surface area contributed by atoms with Crippen molar-refractivity contribution >= 4 is 24.0 Å². The molecule has 3 saturated heterocycles. The molecule has 52 heavy (non-hydrogen) atoms. The molecule has 1 aromatic carbocycles. The van der Waals surface area contributed by atoms with E-state index in [-0.39, 0.29) is 49.3 Å². The number of methoxy groups -OCH3 is 1. The molecule has 0 aliphatic carbocycles. The third-order valence-corrected chi connectivity index (χ3v) is 10.2. The van der Waals surface area contributed by atoms with Crippen molar-refractivity contribution < 1.29 is 38.1 Å². The fourth-order valence-electron chi connectivity index (χ4n) is 7.65. The minimum absolute atomic E-state index is 0.0214. The van der Waals surface area contributed by atoms with E-state index in [4.69, 9.17) is 28.9 Å². The summed E-state index contributed by atoms with van der Waals surface area (Å²) in [6.07, 6.45) is 4.97. The number of amides is 2. The van der Waals surface area contributed by atoms with Gasteiger partial charge in [-0.25, -0.2) is 9.59 Å². The standard InChI is InChI=1S/C38H54N6O8/c1-38(2,3)52-37(47)44-28-13-14-29(44)23-43(22-28)34-31-15-19-42(36(46)51-25-27-10-6-5-7-11-27)24-32(31)39-35(40-34)50-26-30-12-8-17-41(30)18-9-20-49-21-16-33(45)48-4/h5-7,10-11,28-30H,8-9,12-26H2,1-4H3. The highest BCUT2D eigenvalue weighted by Gasteiger charge is 2.45. The highest BCUT2D eigenvalue weighted by atomic mass is 16.6. The van der Waals surface area contributed by atoms with Crippen LogP contribution in [-0.4, -0.2) is 126 Å². The maximum atomic E-state index is 13.2. The van der Waals surface area contributed by atoms with Gasteiger partial charge in [0.1, 0.15) is 24.6 Å². The van der Waals surface area contributed by atoms with E-state index in [0.717, 1.165) is 67.8 Å². The largest absolute Gasteiger partial charge is 0.469 e. The number of esters is 1. The van der Waals surface area contributed by atoms with E-state index in [2.05, 4.69) is 14.5 Å². The van der Waals surface area contributed by atoms with E-state index in [1.54, 1.807) is 4.90 Å². The number of hydrogen-bond acceptors (Lipinski definition) is 12. The molecule has 4 aliphatic rings. The van der Waals surface area contributed by atoms with Crippen LogP contribution in [0.5, 0.6) is 6.01 Å². The number of fused-ring (bicyclic) bond motifs is 3. The summed E-state index contributed by atoms with van der Waals surface area (Å²) >= 11 is 0. The monoisotopic (exact) mass is 722 g/mol. The smallest absolute Gasteiger partial charge is 0.410 e. The first kappa shape index (κ1) is 37.6. The quantitative estimate of drug-likeness (QED) is 0.163. The third-order valence-electron chi connectivity index (χ3n) is 10.2. The normalized spacial score (nSPS) is 21.5. The summed E-state index contributed by atoms with van der Waals surface area (Å²) in [5.41, 5.74) is 2.14. The maximum absolute atomic E-state index is 13.2. The Morgan fingerprint density at radius 3 is 2.44 bits per heavy atom. The van der Waals surface area contributed by atoms with Gasteiger partial charge in [-0.2, -0.15) is 9.97 Å². The lowest BCUT2D eigenvalue weighted by Crippen LogP contribution is -2.57. The Labute approximate surface area is 306 Å². The first-order chi connectivity index (χ1) is 25.1. The molecule has 0 radical (unpaired) electrons. The fourth-order valence-corrected chi connectivity index (χ4v) is 7.65. The second kappa shape index (κ2) is 17.1. The number of benzene rings is 1. The third kappa shape index (κ3) is 9.62. The first-order valence-electron chi connectivity index (χ1n) is 18.7. The van der Waals surface area contributed by atoms with Crippen molar-refractivity contribution in [3.63, 3.8) is 0 Å². The lowest BCUT2D eigenvalue weighted by atomic mass is 10.0. The molecule has 0 spiro atoms. The van der Waals surface area contributed by atoms with E-state index in [0.29, 0.717) is 58.4 Å². The predicted octanol–water partition coefficient (Wildman–Crippen LogP) is 4.57. The van der Waals surface area contributed by atoms with Crippen LogP contribution in [0.3, 0.4) is 0 Å². The molecule has 3 fully saturated rings. The molecule has 14 heteroatoms. The summed E-state index contributed by atoms with van der Waals surface area (Å²) in [4.78, 5) is 56.0. The van der Waals surface area contributed by atoms with Crippen LogP contribution in [0, 0.1) is 0 Å². The molecule has 4 aliphatic heterocycles. The van der Waals surface area contributed by atoms with Gasteiger partial charge >= 0.3 is 24.2 Å². The summed E-state index contributed by atoms with van der Waals surface area (Å²) in [7, 11) is 1.38. The van der Waals surface area contributed by atoms with Crippen molar-refractivity contribution in [1.29, 1.82) is 0 Å². The highest BCUT2D eigenvalue weighted by molar-refractivity contribution is 5.71. The van der Waals surface area contributed by atoms with Gasteiger partial charge in [0, 0.05) is 44.4 Å². The van der Waals surface area contributed by atoms with Gasteiger partial charge in [-0.3, -0.25) is 14.6 Å². The average Bonchev–Trinajstić information content (AvgIpc) is 3.70. The van der Waals surface area contributed by atoms with Gasteiger partial charge < -0.3 is 33.5 Å². The Morgan fingerprint density at radius 2 is 1.71 bits per heavy atom. The van der Waals surface area contributed by atoms with E-state index in [9.17, 15) is 14.4 Å². The number of ether oxygens (including phenoxy) is 5. The Balaban J connectivity index is 1.14. The molecule has 2 amide bonds. The lowest BCUT2D eigenvalue weighted by Gasteiger charge is -2.42. The van der Waals surface area contributed by atoms with Crippen LogP contribution in [-0.2, 0) is 43.3 Å². The van der Waals surface area contributed by atoms with Crippen molar-refractivity contribution in [3.05, 3.63) is 47.2 Å². The molecule has 3 unspecified atom stereocenters. The van der Waals surface area contributed by atoms with E-state index >= 15 is 0 Å². The average molecular weight is 723 g/mol. The topological polar surface area (TPSA) is 136 Å². The Kier molecular flexibility index (Phi) is 12.4. The molecule has 1 aromatic heterocycles. The molecular formula is C38H54N6O8. The molecule has 5 heterocycles. The Hall–Kier alpha value is -4.17. The van der Waals surface area contributed by atoms with E-state index in [1.807, 2.05) is 56.0 Å². The minimum atomic E-state index is -0.561. The maximum Gasteiger partial charge on any atom is 0.410 e. The zero-order valence-corrected chi connectivity index (χ0v) is 31.1. The molecule has 3 atom stereocenters. The van der Waals surface area contributed by atoms with Gasteiger partial charge in [-0.15, -0.1) is 0 Å². The van der Waals surface area contributed by atoms with Crippen molar-refractivity contribution in [1.82, 2.24) is 24.7 Å². The van der Waals surface area contributed by atoms with E-state index < -0.39 is 5.60 Å². The van der Waals surface area contributed by atoms with Gasteiger partial charge in [0.05, 0.1) is 44.5 Å². The molecule has 2 aromatic rings. The van der Waals surface area contributed by atoms with Crippen LogP contribution in [0.25, 0.3) is 0 Å². The second-order valence-corrected chi connectivity index (χ2v) is 15.1. The number of nitrogens with zero attached hydrogens (tertiary/aromatic N) is 6. The minimum Gasteiger partial charge on any atom is -0.469 e. The summed E-state index contributed by atoms with van der Waals surface area (Å²) < 4.78 is 28.2.